The molecular weight excluding hydrogens is 277 g/mol. The predicted molar refractivity (Wildman–Crippen MR) is 61.1 cm³/mol. The smallest absolute Gasteiger partial charge is 0.178 e. The maximum absolute atomic E-state index is 4.37. The Morgan fingerprint density at radius 1 is 1.54 bits per heavy atom. The lowest BCUT2D eigenvalue weighted by molar-refractivity contribution is 1.12. The van der Waals surface area contributed by atoms with Gasteiger partial charge in [0, 0.05) is 6.20 Å². The molecule has 3 nitrogen and oxygen atoms in total. The Morgan fingerprint density at radius 3 is 3.00 bits per heavy atom. The van der Waals surface area contributed by atoms with Crippen molar-refractivity contribution >= 4 is 34.0 Å². The molecular formula is C9H10IN3. The molecule has 0 unspecified atom stereocenters. The summed E-state index contributed by atoms with van der Waals surface area (Å²) in [6, 6.07) is 2.05. The van der Waals surface area contributed by atoms with E-state index in [9.17, 15) is 0 Å². The molecule has 13 heavy (non-hydrogen) atoms. The molecule has 4 heteroatoms. The summed E-state index contributed by atoms with van der Waals surface area (Å²) in [5, 5.41) is 0. The molecule has 2 aromatic rings. The maximum atomic E-state index is 4.37. The normalized spacial score (nSPS) is 11.0. The van der Waals surface area contributed by atoms with Gasteiger partial charge in [0.2, 0.25) is 0 Å². The number of hydrogen-bond donors (Lipinski definition) is 0. The van der Waals surface area contributed by atoms with Crippen molar-refractivity contribution in [2.24, 2.45) is 0 Å². The van der Waals surface area contributed by atoms with E-state index in [2.05, 4.69) is 48.6 Å². The fraction of sp³-hybridized carbons (Fsp3) is 0.333. The summed E-state index contributed by atoms with van der Waals surface area (Å²) < 4.78 is 2.07. The molecule has 0 N–H and O–H groups in total. The van der Waals surface area contributed by atoms with E-state index in [0.717, 1.165) is 23.4 Å². The molecule has 2 heterocycles. The first-order valence-electron chi connectivity index (χ1n) is 4.23. The van der Waals surface area contributed by atoms with Gasteiger partial charge in [-0.05, 0) is 25.0 Å². The Bertz CT molecular complexity index is 447. The quantitative estimate of drug-likeness (QED) is 0.754. The maximum Gasteiger partial charge on any atom is 0.178 e. The second-order valence-corrected chi connectivity index (χ2v) is 3.90. The number of rotatable bonds is 1. The molecule has 0 aliphatic rings. The van der Waals surface area contributed by atoms with Crippen LogP contribution >= 0.6 is 22.9 Å². The van der Waals surface area contributed by atoms with Gasteiger partial charge in [0.25, 0.3) is 0 Å². The second-order valence-electron chi connectivity index (χ2n) is 2.94. The Kier molecular flexibility index (Phi) is 2.23. The summed E-state index contributed by atoms with van der Waals surface area (Å²) in [6.07, 6.45) is 2.84. The van der Waals surface area contributed by atoms with Gasteiger partial charge in [-0.1, -0.05) is 6.92 Å². The van der Waals surface area contributed by atoms with Crippen LogP contribution in [0.2, 0.25) is 0 Å². The van der Waals surface area contributed by atoms with Crippen molar-refractivity contribution in [3.63, 3.8) is 0 Å². The molecule has 0 amide bonds. The van der Waals surface area contributed by atoms with Crippen LogP contribution in [0, 0.1) is 6.92 Å². The average Bonchev–Trinajstić information content (AvgIpc) is 2.43. The van der Waals surface area contributed by atoms with E-state index >= 15 is 0 Å². The summed E-state index contributed by atoms with van der Waals surface area (Å²) in [6.45, 7) is 4.14. The summed E-state index contributed by atoms with van der Waals surface area (Å²) in [4.78, 5) is 8.60. The number of aryl methyl sites for hydroxylation is 2. The summed E-state index contributed by atoms with van der Waals surface area (Å²) in [7, 11) is 0. The Labute approximate surface area is 90.7 Å². The van der Waals surface area contributed by atoms with Gasteiger partial charge in [0.15, 0.2) is 5.65 Å². The van der Waals surface area contributed by atoms with Gasteiger partial charge in [-0.3, -0.25) is 2.78 Å². The molecule has 0 fully saturated rings. The highest BCUT2D eigenvalue weighted by Gasteiger charge is 2.08. The van der Waals surface area contributed by atoms with E-state index in [1.807, 2.05) is 13.1 Å². The number of aromatic nitrogens is 3. The lowest BCUT2D eigenvalue weighted by atomic mass is 10.2. The molecule has 0 atom stereocenters. The van der Waals surface area contributed by atoms with Crippen molar-refractivity contribution in [2.45, 2.75) is 20.3 Å². The Balaban J connectivity index is 2.87. The van der Waals surface area contributed by atoms with Crippen LogP contribution in [0.1, 0.15) is 18.3 Å². The molecule has 0 aliphatic heterocycles. The van der Waals surface area contributed by atoms with Gasteiger partial charge in [0.1, 0.15) is 11.3 Å². The summed E-state index contributed by atoms with van der Waals surface area (Å²) in [5.74, 6) is 1.00. The van der Waals surface area contributed by atoms with Gasteiger partial charge in [0.05, 0.1) is 22.9 Å². The van der Waals surface area contributed by atoms with Gasteiger partial charge in [-0.15, -0.1) is 0 Å². The molecule has 0 saturated heterocycles. The van der Waals surface area contributed by atoms with Gasteiger partial charge in [-0.25, -0.2) is 9.97 Å². The van der Waals surface area contributed by atoms with E-state index in [1.165, 1.54) is 5.56 Å². The molecule has 0 aromatic carbocycles. The monoisotopic (exact) mass is 287 g/mol. The largest absolute Gasteiger partial charge is 0.266 e. The van der Waals surface area contributed by atoms with E-state index in [0.29, 0.717) is 0 Å². The molecule has 0 saturated carbocycles. The third-order valence-corrected chi connectivity index (χ3v) is 3.30. The summed E-state index contributed by atoms with van der Waals surface area (Å²) in [5.41, 5.74) is 3.31. The number of hydrogen-bond acceptors (Lipinski definition) is 2. The van der Waals surface area contributed by atoms with E-state index in [1.54, 1.807) is 0 Å². The van der Waals surface area contributed by atoms with Crippen LogP contribution in [0.3, 0.4) is 0 Å². The molecule has 2 aromatic heterocycles. The highest BCUT2D eigenvalue weighted by molar-refractivity contribution is 14.1. The zero-order chi connectivity index (χ0) is 9.42. The van der Waals surface area contributed by atoms with Gasteiger partial charge >= 0.3 is 0 Å². The van der Waals surface area contributed by atoms with E-state index in [-0.39, 0.29) is 0 Å². The minimum absolute atomic E-state index is 0.853. The zero-order valence-corrected chi connectivity index (χ0v) is 9.74. The minimum atomic E-state index is 0.853. The van der Waals surface area contributed by atoms with Crippen molar-refractivity contribution in [1.82, 2.24) is 12.7 Å². The fourth-order valence-corrected chi connectivity index (χ4v) is 2.05. The summed E-state index contributed by atoms with van der Waals surface area (Å²) >= 11 is 2.26. The number of nitrogens with zero attached hydrogens (tertiary/aromatic N) is 3. The molecule has 2 rings (SSSR count). The van der Waals surface area contributed by atoms with Crippen molar-refractivity contribution < 1.29 is 0 Å². The molecule has 0 aliphatic carbocycles. The second kappa shape index (κ2) is 3.25. The Hall–Kier alpha value is -0.650. The number of imidazole rings is 1. The van der Waals surface area contributed by atoms with Crippen LogP contribution in [0.4, 0.5) is 0 Å². The molecule has 0 spiro atoms. The highest BCUT2D eigenvalue weighted by Crippen LogP contribution is 2.20. The van der Waals surface area contributed by atoms with E-state index < -0.39 is 0 Å². The average molecular weight is 287 g/mol. The van der Waals surface area contributed by atoms with Crippen LogP contribution in [0.25, 0.3) is 11.2 Å². The molecule has 0 bridgehead atoms. The van der Waals surface area contributed by atoms with Gasteiger partial charge < -0.3 is 0 Å². The van der Waals surface area contributed by atoms with Crippen LogP contribution in [-0.4, -0.2) is 12.7 Å². The minimum Gasteiger partial charge on any atom is -0.266 e. The standard InChI is InChI=1S/C9H10IN3/c1-3-7-4-5-11-9-8(7)13(10)6(2)12-9/h4-5H,3H2,1-2H3. The van der Waals surface area contributed by atoms with Crippen LogP contribution in [0.5, 0.6) is 0 Å². The van der Waals surface area contributed by atoms with E-state index in [4.69, 9.17) is 0 Å². The lowest BCUT2D eigenvalue weighted by Crippen LogP contribution is -1.88. The highest BCUT2D eigenvalue weighted by atomic mass is 127. The van der Waals surface area contributed by atoms with Crippen molar-refractivity contribution in [3.8, 4) is 0 Å². The first-order chi connectivity index (χ1) is 6.24. The molecule has 0 radical (unpaired) electrons. The third-order valence-electron chi connectivity index (χ3n) is 2.12. The number of pyridine rings is 1. The SMILES string of the molecule is CCc1ccnc2nc(C)n(I)c12. The predicted octanol–water partition coefficient (Wildman–Crippen LogP) is 2.50. The number of halogens is 1. The van der Waals surface area contributed by atoms with Crippen LogP contribution in [0.15, 0.2) is 12.3 Å². The van der Waals surface area contributed by atoms with Gasteiger partial charge in [-0.2, -0.15) is 0 Å². The first-order valence-corrected chi connectivity index (χ1v) is 5.19. The van der Waals surface area contributed by atoms with Crippen molar-refractivity contribution in [3.05, 3.63) is 23.7 Å². The number of fused-ring (bicyclic) bond motifs is 1. The third kappa shape index (κ3) is 1.33. The first kappa shape index (κ1) is 8.93. The fourth-order valence-electron chi connectivity index (χ4n) is 1.42. The molecule has 68 valence electrons. The van der Waals surface area contributed by atoms with Crippen LogP contribution < -0.4 is 0 Å². The Morgan fingerprint density at radius 2 is 2.31 bits per heavy atom. The topological polar surface area (TPSA) is 30.7 Å². The lowest BCUT2D eigenvalue weighted by Gasteiger charge is -1.99. The van der Waals surface area contributed by atoms with Crippen LogP contribution in [-0.2, 0) is 6.42 Å². The zero-order valence-electron chi connectivity index (χ0n) is 7.58. The van der Waals surface area contributed by atoms with Crippen molar-refractivity contribution in [1.29, 1.82) is 0 Å². The van der Waals surface area contributed by atoms with Crippen molar-refractivity contribution in [2.75, 3.05) is 0 Å².